The van der Waals surface area contributed by atoms with Crippen LogP contribution in [0.3, 0.4) is 0 Å². The van der Waals surface area contributed by atoms with E-state index < -0.39 is 0 Å². The van der Waals surface area contributed by atoms with E-state index in [1.54, 1.807) is 0 Å². The van der Waals surface area contributed by atoms with Gasteiger partial charge in [0, 0.05) is 6.20 Å². The molecule has 2 heteroatoms. The van der Waals surface area contributed by atoms with E-state index in [4.69, 9.17) is 0 Å². The second-order valence-electron chi connectivity index (χ2n) is 8.99. The van der Waals surface area contributed by atoms with Crippen molar-refractivity contribution in [3.05, 3.63) is 35.7 Å². The average molecular weight is 416 g/mol. The minimum Gasteiger partial charge on any atom is -0.359 e. The molecule has 172 valence electrons. The summed E-state index contributed by atoms with van der Waals surface area (Å²) in [6.45, 7) is 2.28. The van der Waals surface area contributed by atoms with E-state index in [1.807, 2.05) is 12.3 Å². The van der Waals surface area contributed by atoms with Crippen LogP contribution in [0.4, 0.5) is 0 Å². The van der Waals surface area contributed by atoms with E-state index in [0.29, 0.717) is 0 Å². The molecular weight excluding hydrogens is 366 g/mol. The Morgan fingerprint density at radius 1 is 0.667 bits per heavy atom. The predicted octanol–water partition coefficient (Wildman–Crippen LogP) is 9.36. The largest absolute Gasteiger partial charge is 0.359 e. The maximum Gasteiger partial charge on any atom is 0.166 e. The molecule has 0 aliphatic carbocycles. The van der Waals surface area contributed by atoms with Crippen LogP contribution < -0.4 is 0 Å². The van der Waals surface area contributed by atoms with E-state index in [-0.39, 0.29) is 0 Å². The van der Waals surface area contributed by atoms with Gasteiger partial charge in [-0.1, -0.05) is 109 Å². The van der Waals surface area contributed by atoms with Gasteiger partial charge in [0.05, 0.1) is 5.69 Å². The van der Waals surface area contributed by atoms with Crippen LogP contribution in [-0.4, -0.2) is 11.3 Å². The maximum atomic E-state index is 10.9. The minimum atomic E-state index is 0.764. The van der Waals surface area contributed by atoms with Crippen molar-refractivity contribution in [1.29, 1.82) is 0 Å². The van der Waals surface area contributed by atoms with Gasteiger partial charge in [0.15, 0.2) is 6.29 Å². The molecule has 0 bridgehead atoms. The van der Waals surface area contributed by atoms with Gasteiger partial charge in [0.25, 0.3) is 0 Å². The van der Waals surface area contributed by atoms with Crippen molar-refractivity contribution in [2.45, 2.75) is 135 Å². The normalized spacial score (nSPS) is 11.5. The molecule has 0 amide bonds. The number of aromatic nitrogens is 1. The molecule has 2 nitrogen and oxygen atoms in total. The van der Waals surface area contributed by atoms with Gasteiger partial charge in [-0.2, -0.15) is 0 Å². The summed E-state index contributed by atoms with van der Waals surface area (Å²) in [5.74, 6) is 0. The lowest BCUT2D eigenvalue weighted by Gasteiger charge is -2.03. The Morgan fingerprint density at radius 2 is 1.13 bits per heavy atom. The summed E-state index contributed by atoms with van der Waals surface area (Å²) in [7, 11) is 0. The summed E-state index contributed by atoms with van der Waals surface area (Å²) in [4.78, 5) is 13.9. The van der Waals surface area contributed by atoms with E-state index in [2.05, 4.69) is 24.1 Å². The standard InChI is InChI=1S/C28H49NO/c1-2-3-4-5-6-7-8-9-10-11-12-13-14-15-16-17-18-19-20-21-22-23-27-24-25-29-28(27)26-30/h7-8,24-26,29H,2-6,9-23H2,1H3. The first-order valence-electron chi connectivity index (χ1n) is 13.1. The first kappa shape index (κ1) is 26.7. The van der Waals surface area contributed by atoms with Crippen molar-refractivity contribution in [3.63, 3.8) is 0 Å². The van der Waals surface area contributed by atoms with Gasteiger partial charge in [-0.15, -0.1) is 0 Å². The second kappa shape index (κ2) is 20.9. The number of carbonyl (C=O) groups excluding carboxylic acids is 1. The molecule has 0 radical (unpaired) electrons. The number of H-pyrrole nitrogens is 1. The quantitative estimate of drug-likeness (QED) is 0.114. The van der Waals surface area contributed by atoms with Crippen molar-refractivity contribution >= 4 is 6.29 Å². The van der Waals surface area contributed by atoms with Crippen LogP contribution in [0.2, 0.25) is 0 Å². The number of aldehydes is 1. The highest BCUT2D eigenvalue weighted by atomic mass is 16.1. The summed E-state index contributed by atoms with van der Waals surface area (Å²) < 4.78 is 0. The van der Waals surface area contributed by atoms with Crippen LogP contribution in [0.5, 0.6) is 0 Å². The fourth-order valence-corrected chi connectivity index (χ4v) is 4.19. The number of nitrogens with one attached hydrogen (secondary N) is 1. The van der Waals surface area contributed by atoms with Crippen LogP contribution in [0.25, 0.3) is 0 Å². The minimum absolute atomic E-state index is 0.764. The highest BCUT2D eigenvalue weighted by Crippen LogP contribution is 2.15. The number of hydrogen-bond donors (Lipinski definition) is 1. The van der Waals surface area contributed by atoms with Gasteiger partial charge < -0.3 is 4.98 Å². The van der Waals surface area contributed by atoms with E-state index in [1.165, 1.54) is 128 Å². The molecule has 0 saturated heterocycles. The number of allylic oxidation sites excluding steroid dienone is 2. The van der Waals surface area contributed by atoms with Crippen molar-refractivity contribution < 1.29 is 4.79 Å². The lowest BCUT2D eigenvalue weighted by atomic mass is 10.0. The van der Waals surface area contributed by atoms with Crippen molar-refractivity contribution in [2.75, 3.05) is 0 Å². The Hall–Kier alpha value is -1.31. The molecule has 0 aliphatic heterocycles. The number of aromatic amines is 1. The van der Waals surface area contributed by atoms with Gasteiger partial charge in [-0.05, 0) is 50.2 Å². The summed E-state index contributed by atoms with van der Waals surface area (Å²) in [5.41, 5.74) is 1.94. The monoisotopic (exact) mass is 415 g/mol. The smallest absolute Gasteiger partial charge is 0.166 e. The molecule has 30 heavy (non-hydrogen) atoms. The Balaban J connectivity index is 1.73. The molecule has 0 unspecified atom stereocenters. The molecule has 0 saturated carbocycles. The fraction of sp³-hybridized carbons (Fsp3) is 0.750. The maximum absolute atomic E-state index is 10.9. The Kier molecular flexibility index (Phi) is 18.7. The average Bonchev–Trinajstić information content (AvgIpc) is 3.22. The summed E-state index contributed by atoms with van der Waals surface area (Å²) in [6.07, 6.45) is 34.7. The molecule has 1 aromatic rings. The van der Waals surface area contributed by atoms with E-state index in [9.17, 15) is 4.79 Å². The number of unbranched alkanes of at least 4 members (excludes halogenated alkanes) is 17. The van der Waals surface area contributed by atoms with Crippen molar-refractivity contribution in [1.82, 2.24) is 4.98 Å². The number of hydrogen-bond acceptors (Lipinski definition) is 1. The molecular formula is C28H49NO. The van der Waals surface area contributed by atoms with Crippen LogP contribution in [-0.2, 0) is 6.42 Å². The Labute approximate surface area is 187 Å². The van der Waals surface area contributed by atoms with Crippen LogP contribution >= 0.6 is 0 Å². The highest BCUT2D eigenvalue weighted by molar-refractivity contribution is 5.74. The molecule has 0 spiro atoms. The van der Waals surface area contributed by atoms with Gasteiger partial charge in [-0.3, -0.25) is 4.79 Å². The van der Waals surface area contributed by atoms with Gasteiger partial charge in [-0.25, -0.2) is 0 Å². The van der Waals surface area contributed by atoms with Gasteiger partial charge in [0.1, 0.15) is 0 Å². The predicted molar refractivity (Wildman–Crippen MR) is 132 cm³/mol. The van der Waals surface area contributed by atoms with Gasteiger partial charge >= 0.3 is 0 Å². The third-order valence-corrected chi connectivity index (χ3v) is 6.20. The topological polar surface area (TPSA) is 32.9 Å². The molecule has 1 N–H and O–H groups in total. The van der Waals surface area contributed by atoms with Crippen molar-refractivity contribution in [2.24, 2.45) is 0 Å². The number of carbonyl (C=O) groups is 1. The molecule has 1 rings (SSSR count). The third kappa shape index (κ3) is 15.5. The highest BCUT2D eigenvalue weighted by Gasteiger charge is 2.01. The van der Waals surface area contributed by atoms with Crippen molar-refractivity contribution in [3.8, 4) is 0 Å². The summed E-state index contributed by atoms with van der Waals surface area (Å²) >= 11 is 0. The molecule has 0 fully saturated rings. The number of aryl methyl sites for hydroxylation is 1. The lowest BCUT2D eigenvalue weighted by molar-refractivity contribution is 0.111. The molecule has 0 aromatic carbocycles. The lowest BCUT2D eigenvalue weighted by Crippen LogP contribution is -1.90. The van der Waals surface area contributed by atoms with Crippen LogP contribution in [0, 0.1) is 0 Å². The van der Waals surface area contributed by atoms with E-state index >= 15 is 0 Å². The summed E-state index contributed by atoms with van der Waals surface area (Å²) in [6, 6.07) is 2.04. The van der Waals surface area contributed by atoms with E-state index in [0.717, 1.165) is 18.4 Å². The van der Waals surface area contributed by atoms with Crippen LogP contribution in [0.1, 0.15) is 145 Å². The zero-order valence-electron chi connectivity index (χ0n) is 19.9. The SMILES string of the molecule is CCCCCCC=CCCCCCCCCCCCCCCCc1cc[nH]c1C=O. The summed E-state index contributed by atoms with van der Waals surface area (Å²) in [5, 5.41) is 0. The molecule has 0 atom stereocenters. The Bertz CT molecular complexity index is 516. The van der Waals surface area contributed by atoms with Gasteiger partial charge in [0.2, 0.25) is 0 Å². The third-order valence-electron chi connectivity index (χ3n) is 6.20. The zero-order chi connectivity index (χ0) is 21.5. The molecule has 0 aliphatic rings. The van der Waals surface area contributed by atoms with Crippen LogP contribution in [0.15, 0.2) is 24.4 Å². The molecule has 1 aromatic heterocycles. The second-order valence-corrected chi connectivity index (χ2v) is 8.99. The molecule has 1 heterocycles. The first-order chi connectivity index (χ1) is 14.9. The number of rotatable bonds is 22. The zero-order valence-corrected chi connectivity index (χ0v) is 19.9. The Morgan fingerprint density at radius 3 is 1.63 bits per heavy atom. The first-order valence-corrected chi connectivity index (χ1v) is 13.1. The fourth-order valence-electron chi connectivity index (χ4n) is 4.19.